The maximum atomic E-state index is 13.2. The van der Waals surface area contributed by atoms with Crippen LogP contribution in [0.15, 0.2) is 78.6 Å². The molecular weight excluding hydrogens is 440 g/mol. The molecule has 180 valence electrons. The number of amides is 1. The Kier molecular flexibility index (Phi) is 7.30. The van der Waals surface area contributed by atoms with Crippen molar-refractivity contribution in [3.63, 3.8) is 0 Å². The van der Waals surface area contributed by atoms with Crippen LogP contribution in [0.5, 0.6) is 5.75 Å². The number of aliphatic hydroxyl groups is 1. The molecule has 1 aliphatic rings. The molecule has 1 atom stereocenters. The number of hydrogen-bond acceptors (Lipinski definition) is 5. The number of pyridine rings is 1. The first-order chi connectivity index (χ1) is 16.9. The molecule has 0 saturated carbocycles. The van der Waals surface area contributed by atoms with E-state index in [2.05, 4.69) is 18.8 Å². The van der Waals surface area contributed by atoms with Crippen LogP contribution in [-0.4, -0.2) is 33.3 Å². The SMILES string of the molecule is CCCOc1ccc(C(O)=C2C(=O)C(=O)N(Cc3cccnc3)[C@@H]2c2ccc(C(C)C)cc2)cc1. The highest BCUT2D eigenvalue weighted by molar-refractivity contribution is 6.46. The minimum absolute atomic E-state index is 0.0819. The fourth-order valence-corrected chi connectivity index (χ4v) is 4.23. The highest BCUT2D eigenvalue weighted by Crippen LogP contribution is 2.40. The van der Waals surface area contributed by atoms with Gasteiger partial charge in [0.05, 0.1) is 18.2 Å². The molecule has 0 radical (unpaired) electrons. The number of hydrogen-bond donors (Lipinski definition) is 1. The first-order valence-electron chi connectivity index (χ1n) is 11.9. The molecular formula is C29H30N2O4. The summed E-state index contributed by atoms with van der Waals surface area (Å²) in [6.45, 7) is 7.04. The molecule has 0 bridgehead atoms. The average Bonchev–Trinajstić information content (AvgIpc) is 3.13. The van der Waals surface area contributed by atoms with Gasteiger partial charge in [-0.25, -0.2) is 0 Å². The summed E-state index contributed by atoms with van der Waals surface area (Å²) in [5.74, 6) is -0.510. The molecule has 1 amide bonds. The largest absolute Gasteiger partial charge is 0.507 e. The molecule has 1 saturated heterocycles. The Hall–Kier alpha value is -3.93. The van der Waals surface area contributed by atoms with Crippen LogP contribution < -0.4 is 4.74 Å². The molecule has 0 aliphatic carbocycles. The molecule has 4 rings (SSSR count). The number of likely N-dealkylation sites (tertiary alicyclic amines) is 1. The Balaban J connectivity index is 1.78. The fourth-order valence-electron chi connectivity index (χ4n) is 4.23. The third-order valence-electron chi connectivity index (χ3n) is 6.14. The van der Waals surface area contributed by atoms with Crippen molar-refractivity contribution < 1.29 is 19.4 Å². The summed E-state index contributed by atoms with van der Waals surface area (Å²) in [6.07, 6.45) is 4.22. The van der Waals surface area contributed by atoms with Crippen molar-refractivity contribution in [1.29, 1.82) is 0 Å². The normalized spacial score (nSPS) is 17.3. The van der Waals surface area contributed by atoms with E-state index in [0.29, 0.717) is 23.8 Å². The summed E-state index contributed by atoms with van der Waals surface area (Å²) in [6, 6.07) is 17.7. The number of aromatic nitrogens is 1. The third-order valence-corrected chi connectivity index (χ3v) is 6.14. The van der Waals surface area contributed by atoms with E-state index in [-0.39, 0.29) is 17.9 Å². The zero-order valence-electron chi connectivity index (χ0n) is 20.3. The van der Waals surface area contributed by atoms with Crippen LogP contribution in [0.3, 0.4) is 0 Å². The second kappa shape index (κ2) is 10.6. The third kappa shape index (κ3) is 5.11. The molecule has 6 heteroatoms. The predicted octanol–water partition coefficient (Wildman–Crippen LogP) is 5.62. The number of carbonyl (C=O) groups is 2. The topological polar surface area (TPSA) is 79.7 Å². The lowest BCUT2D eigenvalue weighted by Gasteiger charge is -2.25. The number of ether oxygens (including phenoxy) is 1. The van der Waals surface area contributed by atoms with Crippen LogP contribution in [0, 0.1) is 0 Å². The van der Waals surface area contributed by atoms with E-state index in [1.165, 1.54) is 4.90 Å². The minimum Gasteiger partial charge on any atom is -0.507 e. The molecule has 1 aliphatic heterocycles. The van der Waals surface area contributed by atoms with Crippen molar-refractivity contribution in [2.75, 3.05) is 6.61 Å². The summed E-state index contributed by atoms with van der Waals surface area (Å²) in [5.41, 5.74) is 3.26. The molecule has 1 aromatic heterocycles. The van der Waals surface area contributed by atoms with Crippen molar-refractivity contribution in [3.8, 4) is 5.75 Å². The lowest BCUT2D eigenvalue weighted by atomic mass is 9.93. The Morgan fingerprint density at radius 2 is 1.77 bits per heavy atom. The van der Waals surface area contributed by atoms with Crippen molar-refractivity contribution in [2.24, 2.45) is 0 Å². The number of carbonyl (C=O) groups excluding carboxylic acids is 2. The first kappa shape index (κ1) is 24.2. The number of rotatable bonds is 8. The minimum atomic E-state index is -0.715. The number of nitrogens with zero attached hydrogens (tertiary/aromatic N) is 2. The molecule has 0 unspecified atom stereocenters. The second-order valence-corrected chi connectivity index (χ2v) is 8.98. The van der Waals surface area contributed by atoms with Crippen LogP contribution in [-0.2, 0) is 16.1 Å². The number of aliphatic hydroxyl groups excluding tert-OH is 1. The maximum Gasteiger partial charge on any atom is 0.295 e. The second-order valence-electron chi connectivity index (χ2n) is 8.98. The van der Waals surface area contributed by atoms with Crippen LogP contribution in [0.1, 0.15) is 61.4 Å². The molecule has 0 spiro atoms. The van der Waals surface area contributed by atoms with Gasteiger partial charge in [-0.1, -0.05) is 51.1 Å². The van der Waals surface area contributed by atoms with E-state index in [0.717, 1.165) is 23.1 Å². The Labute approximate surface area is 205 Å². The van der Waals surface area contributed by atoms with Gasteiger partial charge in [0.15, 0.2) is 0 Å². The van der Waals surface area contributed by atoms with Crippen LogP contribution in [0.25, 0.3) is 5.76 Å². The van der Waals surface area contributed by atoms with Crippen molar-refractivity contribution in [3.05, 3.63) is 101 Å². The van der Waals surface area contributed by atoms with E-state index < -0.39 is 17.7 Å². The highest BCUT2D eigenvalue weighted by atomic mass is 16.5. The lowest BCUT2D eigenvalue weighted by molar-refractivity contribution is -0.140. The van der Waals surface area contributed by atoms with Gasteiger partial charge in [-0.3, -0.25) is 14.6 Å². The van der Waals surface area contributed by atoms with Crippen LogP contribution in [0.4, 0.5) is 0 Å². The van der Waals surface area contributed by atoms with Gasteiger partial charge in [0.2, 0.25) is 0 Å². The summed E-state index contributed by atoms with van der Waals surface area (Å²) >= 11 is 0. The number of ketones is 1. The fraction of sp³-hybridized carbons (Fsp3) is 0.276. The zero-order valence-corrected chi connectivity index (χ0v) is 20.3. The molecule has 1 fully saturated rings. The van der Waals surface area contributed by atoms with Crippen molar-refractivity contribution in [1.82, 2.24) is 9.88 Å². The Morgan fingerprint density at radius 3 is 2.37 bits per heavy atom. The van der Waals surface area contributed by atoms with Gasteiger partial charge in [0, 0.05) is 24.5 Å². The van der Waals surface area contributed by atoms with Gasteiger partial charge in [0.1, 0.15) is 11.5 Å². The van der Waals surface area contributed by atoms with E-state index in [4.69, 9.17) is 4.74 Å². The molecule has 3 aromatic rings. The van der Waals surface area contributed by atoms with E-state index in [1.807, 2.05) is 37.3 Å². The van der Waals surface area contributed by atoms with E-state index in [9.17, 15) is 14.7 Å². The maximum absolute atomic E-state index is 13.2. The van der Waals surface area contributed by atoms with E-state index >= 15 is 0 Å². The number of Topliss-reactive ketones (excluding diaryl/α,β-unsaturated/α-hetero) is 1. The van der Waals surface area contributed by atoms with Gasteiger partial charge >= 0.3 is 0 Å². The molecule has 6 nitrogen and oxygen atoms in total. The quantitative estimate of drug-likeness (QED) is 0.263. The first-order valence-corrected chi connectivity index (χ1v) is 11.9. The Morgan fingerprint density at radius 1 is 1.06 bits per heavy atom. The number of benzene rings is 2. The van der Waals surface area contributed by atoms with Crippen molar-refractivity contribution >= 4 is 17.4 Å². The van der Waals surface area contributed by atoms with Gasteiger partial charge in [0.25, 0.3) is 11.7 Å². The molecule has 2 heterocycles. The molecule has 35 heavy (non-hydrogen) atoms. The van der Waals surface area contributed by atoms with Crippen LogP contribution >= 0.6 is 0 Å². The predicted molar refractivity (Wildman–Crippen MR) is 135 cm³/mol. The van der Waals surface area contributed by atoms with Gasteiger partial charge < -0.3 is 14.7 Å². The van der Waals surface area contributed by atoms with E-state index in [1.54, 1.807) is 42.7 Å². The summed E-state index contributed by atoms with van der Waals surface area (Å²) in [4.78, 5) is 32.1. The summed E-state index contributed by atoms with van der Waals surface area (Å²) in [7, 11) is 0. The molecule has 1 N–H and O–H groups in total. The zero-order chi connectivity index (χ0) is 24.9. The summed E-state index contributed by atoms with van der Waals surface area (Å²) in [5, 5.41) is 11.3. The highest BCUT2D eigenvalue weighted by Gasteiger charge is 2.46. The standard InChI is InChI=1S/C29H30N2O4/c1-4-16-35-24-13-11-23(12-14-24)27(32)25-26(22-9-7-21(8-10-22)19(2)3)31(29(34)28(25)33)18-20-6-5-15-30-17-20/h5-15,17,19,26,32H,4,16,18H2,1-3H3/t26-/m1/s1. The Bertz CT molecular complexity index is 1220. The van der Waals surface area contributed by atoms with Crippen molar-refractivity contribution in [2.45, 2.75) is 45.7 Å². The monoisotopic (exact) mass is 470 g/mol. The van der Waals surface area contributed by atoms with Crippen LogP contribution in [0.2, 0.25) is 0 Å². The summed E-state index contributed by atoms with van der Waals surface area (Å²) < 4.78 is 5.62. The van der Waals surface area contributed by atoms with Gasteiger partial charge in [-0.2, -0.15) is 0 Å². The molecule has 2 aromatic carbocycles. The average molecular weight is 471 g/mol. The van der Waals surface area contributed by atoms with Gasteiger partial charge in [-0.15, -0.1) is 0 Å². The smallest absolute Gasteiger partial charge is 0.295 e. The lowest BCUT2D eigenvalue weighted by Crippen LogP contribution is -2.29. The van der Waals surface area contributed by atoms with Gasteiger partial charge in [-0.05, 0) is 59.4 Å².